The van der Waals surface area contributed by atoms with Gasteiger partial charge in [0.05, 0.1) is 0 Å². The normalized spacial score (nSPS) is 48.0. The van der Waals surface area contributed by atoms with Gasteiger partial charge in [0.2, 0.25) is 0 Å². The van der Waals surface area contributed by atoms with Crippen LogP contribution in [-0.2, 0) is 0 Å². The molecule has 2 heterocycles. The van der Waals surface area contributed by atoms with Gasteiger partial charge in [0.1, 0.15) is 0 Å². The molecule has 2 aliphatic rings. The van der Waals surface area contributed by atoms with E-state index in [0.29, 0.717) is 12.1 Å². The van der Waals surface area contributed by atoms with Gasteiger partial charge in [-0.25, -0.2) is 0 Å². The van der Waals surface area contributed by atoms with Crippen LogP contribution in [0.4, 0.5) is 0 Å². The molecule has 2 nitrogen and oxygen atoms in total. The number of rotatable bonds is 0. The monoisotopic (exact) mass is 97.1 g/mol. The van der Waals surface area contributed by atoms with Gasteiger partial charge in [-0.3, -0.25) is 0 Å². The Morgan fingerprint density at radius 1 is 1.14 bits per heavy atom. The molecule has 0 saturated carbocycles. The van der Waals surface area contributed by atoms with Crippen LogP contribution in [0.1, 0.15) is 0 Å². The van der Waals surface area contributed by atoms with E-state index in [2.05, 4.69) is 17.1 Å². The quantitative estimate of drug-likeness (QED) is 0.411. The van der Waals surface area contributed by atoms with Gasteiger partial charge in [-0.05, 0) is 6.42 Å². The first-order valence-electron chi connectivity index (χ1n) is 2.77. The molecule has 2 fully saturated rings. The van der Waals surface area contributed by atoms with Gasteiger partial charge in [-0.2, -0.15) is 0 Å². The van der Waals surface area contributed by atoms with E-state index in [0.717, 1.165) is 13.1 Å². The highest BCUT2D eigenvalue weighted by atomic mass is 15.1. The van der Waals surface area contributed by atoms with Gasteiger partial charge in [0.15, 0.2) is 0 Å². The fourth-order valence-electron chi connectivity index (χ4n) is 1.25. The van der Waals surface area contributed by atoms with Crippen molar-refractivity contribution in [2.75, 3.05) is 13.1 Å². The van der Waals surface area contributed by atoms with Crippen LogP contribution in [0.3, 0.4) is 0 Å². The Morgan fingerprint density at radius 2 is 1.71 bits per heavy atom. The third-order valence-corrected chi connectivity index (χ3v) is 1.66. The predicted octanol–water partition coefficient (Wildman–Crippen LogP) is -0.866. The Hall–Kier alpha value is -0.0800. The Morgan fingerprint density at radius 3 is 1.86 bits per heavy atom. The van der Waals surface area contributed by atoms with Crippen LogP contribution in [0.5, 0.6) is 0 Å². The summed E-state index contributed by atoms with van der Waals surface area (Å²) in [7, 11) is 0. The van der Waals surface area contributed by atoms with Gasteiger partial charge in [-0.15, -0.1) is 0 Å². The zero-order valence-electron chi connectivity index (χ0n) is 4.15. The van der Waals surface area contributed by atoms with E-state index in [1.54, 1.807) is 0 Å². The van der Waals surface area contributed by atoms with Crippen LogP contribution in [-0.4, -0.2) is 25.2 Å². The second-order valence-electron chi connectivity index (χ2n) is 2.22. The van der Waals surface area contributed by atoms with Gasteiger partial charge in [0.25, 0.3) is 0 Å². The Bertz CT molecular complexity index is 64.1. The Kier molecular flexibility index (Phi) is 0.664. The zero-order chi connectivity index (χ0) is 4.69. The predicted molar refractivity (Wildman–Crippen MR) is 27.9 cm³/mol. The van der Waals surface area contributed by atoms with Crippen LogP contribution >= 0.6 is 0 Å². The van der Waals surface area contributed by atoms with Crippen molar-refractivity contribution in [1.82, 2.24) is 10.6 Å². The van der Waals surface area contributed by atoms with Crippen molar-refractivity contribution < 1.29 is 0 Å². The molecule has 2 N–H and O–H groups in total. The summed E-state index contributed by atoms with van der Waals surface area (Å²) in [5.41, 5.74) is 0. The lowest BCUT2D eigenvalue weighted by molar-refractivity contribution is 0.528. The van der Waals surface area contributed by atoms with E-state index in [9.17, 15) is 0 Å². The summed E-state index contributed by atoms with van der Waals surface area (Å²) in [5, 5.41) is 6.68. The summed E-state index contributed by atoms with van der Waals surface area (Å²) in [4.78, 5) is 0. The molecule has 2 bridgehead atoms. The lowest BCUT2D eigenvalue weighted by Crippen LogP contribution is -2.39. The highest BCUT2D eigenvalue weighted by molar-refractivity contribution is 5.08. The molecular formula is C5H9N2. The first kappa shape index (κ1) is 3.87. The van der Waals surface area contributed by atoms with Crippen molar-refractivity contribution in [2.45, 2.75) is 12.1 Å². The van der Waals surface area contributed by atoms with Crippen LogP contribution in [0.25, 0.3) is 0 Å². The summed E-state index contributed by atoms with van der Waals surface area (Å²) >= 11 is 0. The third-order valence-electron chi connectivity index (χ3n) is 1.66. The van der Waals surface area contributed by atoms with Crippen LogP contribution < -0.4 is 10.6 Å². The summed E-state index contributed by atoms with van der Waals surface area (Å²) in [6.45, 7) is 2.29. The van der Waals surface area contributed by atoms with E-state index >= 15 is 0 Å². The van der Waals surface area contributed by atoms with E-state index in [-0.39, 0.29) is 0 Å². The highest BCUT2D eigenvalue weighted by Gasteiger charge is 2.29. The number of fused-ring (bicyclic) bond motifs is 2. The molecule has 7 heavy (non-hydrogen) atoms. The fraction of sp³-hybridized carbons (Fsp3) is 0.800. The standard InChI is InChI=1S/C5H9N2/c1-4-2-6-5(1)3-7-4/h1,4-7H,2-3H2. The first-order chi connectivity index (χ1) is 3.45. The maximum atomic E-state index is 3.34. The van der Waals surface area contributed by atoms with E-state index in [1.165, 1.54) is 0 Å². The second kappa shape index (κ2) is 1.20. The summed E-state index contributed by atoms with van der Waals surface area (Å²) in [5.74, 6) is 0. The van der Waals surface area contributed by atoms with Crippen molar-refractivity contribution in [1.29, 1.82) is 0 Å². The molecule has 2 unspecified atom stereocenters. The largest absolute Gasteiger partial charge is 0.311 e. The summed E-state index contributed by atoms with van der Waals surface area (Å²) in [6, 6.07) is 1.37. The topological polar surface area (TPSA) is 24.1 Å². The highest BCUT2D eigenvalue weighted by Crippen LogP contribution is 2.10. The number of piperazine rings is 1. The minimum Gasteiger partial charge on any atom is -0.311 e. The molecule has 0 spiro atoms. The van der Waals surface area contributed by atoms with E-state index in [1.807, 2.05) is 0 Å². The first-order valence-corrected chi connectivity index (χ1v) is 2.77. The SMILES string of the molecule is [CH]1C2CNC1CN2. The van der Waals surface area contributed by atoms with Gasteiger partial charge in [-0.1, -0.05) is 0 Å². The molecule has 2 rings (SSSR count). The third kappa shape index (κ3) is 0.469. The molecule has 0 aromatic rings. The summed E-state index contributed by atoms with van der Waals surface area (Å²) < 4.78 is 0. The van der Waals surface area contributed by atoms with E-state index < -0.39 is 0 Å². The molecule has 2 saturated heterocycles. The average molecular weight is 97.1 g/mol. The van der Waals surface area contributed by atoms with Crippen molar-refractivity contribution >= 4 is 0 Å². The van der Waals surface area contributed by atoms with Crippen molar-refractivity contribution in [3.05, 3.63) is 6.42 Å². The molecule has 2 atom stereocenters. The fourth-order valence-corrected chi connectivity index (χ4v) is 1.25. The van der Waals surface area contributed by atoms with Crippen molar-refractivity contribution in [3.63, 3.8) is 0 Å². The minimum atomic E-state index is 0.685. The van der Waals surface area contributed by atoms with Gasteiger partial charge < -0.3 is 10.6 Å². The summed E-state index contributed by atoms with van der Waals surface area (Å²) in [6.07, 6.45) is 2.33. The molecule has 2 aliphatic heterocycles. The van der Waals surface area contributed by atoms with Crippen LogP contribution in [0, 0.1) is 6.42 Å². The van der Waals surface area contributed by atoms with Crippen molar-refractivity contribution in [3.8, 4) is 0 Å². The molecule has 2 heteroatoms. The lowest BCUT2D eigenvalue weighted by atomic mass is 10.3. The Balaban J connectivity index is 2.12. The second-order valence-corrected chi connectivity index (χ2v) is 2.22. The molecular weight excluding hydrogens is 88.1 g/mol. The molecule has 39 valence electrons. The van der Waals surface area contributed by atoms with Crippen LogP contribution in [0.15, 0.2) is 0 Å². The molecule has 1 radical (unpaired) electrons. The number of hydrogen-bond donors (Lipinski definition) is 2. The number of nitrogens with one attached hydrogen (secondary N) is 2. The molecule has 0 aromatic heterocycles. The zero-order valence-corrected chi connectivity index (χ0v) is 4.15. The smallest absolute Gasteiger partial charge is 0.0240 e. The van der Waals surface area contributed by atoms with Gasteiger partial charge >= 0.3 is 0 Å². The molecule has 0 amide bonds. The number of hydrogen-bond acceptors (Lipinski definition) is 2. The van der Waals surface area contributed by atoms with Crippen molar-refractivity contribution in [2.24, 2.45) is 0 Å². The Labute approximate surface area is 43.3 Å². The van der Waals surface area contributed by atoms with Gasteiger partial charge in [0, 0.05) is 25.2 Å². The lowest BCUT2D eigenvalue weighted by Gasteiger charge is -2.10. The maximum absolute atomic E-state index is 3.34. The minimum absolute atomic E-state index is 0.685. The van der Waals surface area contributed by atoms with E-state index in [4.69, 9.17) is 0 Å². The molecule has 0 aromatic carbocycles. The van der Waals surface area contributed by atoms with Crippen LogP contribution in [0.2, 0.25) is 0 Å². The maximum Gasteiger partial charge on any atom is 0.0240 e. The average Bonchev–Trinajstić information content (AvgIpc) is 2.22. The molecule has 0 aliphatic carbocycles.